The predicted molar refractivity (Wildman–Crippen MR) is 81.2 cm³/mol. The maximum absolute atomic E-state index is 6.58. The molecule has 1 aromatic rings. The first-order chi connectivity index (χ1) is 9.19. The molecule has 1 aromatic carbocycles. The molecule has 0 aromatic heterocycles. The lowest BCUT2D eigenvalue weighted by molar-refractivity contribution is -0.151. The Kier molecular flexibility index (Phi) is 3.97. The summed E-state index contributed by atoms with van der Waals surface area (Å²) in [4.78, 5) is 0. The maximum Gasteiger partial charge on any atom is 0.0983 e. The first kappa shape index (κ1) is 13.6. The summed E-state index contributed by atoms with van der Waals surface area (Å²) >= 11 is 3.50. The predicted octanol–water partition coefficient (Wildman–Crippen LogP) is 4.20. The van der Waals surface area contributed by atoms with E-state index in [9.17, 15) is 0 Å². The number of halogens is 1. The molecule has 2 fully saturated rings. The van der Waals surface area contributed by atoms with Gasteiger partial charge < -0.3 is 10.1 Å². The summed E-state index contributed by atoms with van der Waals surface area (Å²) in [7, 11) is 0. The van der Waals surface area contributed by atoms with Crippen molar-refractivity contribution in [3.63, 3.8) is 0 Å². The minimum atomic E-state index is 0.0858. The normalized spacial score (nSPS) is 30.4. The number of morpholine rings is 1. The Morgan fingerprint density at radius 3 is 2.53 bits per heavy atom. The molecule has 2 aliphatic rings. The molecule has 1 heterocycles. The highest BCUT2D eigenvalue weighted by atomic mass is 79.9. The van der Waals surface area contributed by atoms with E-state index in [1.165, 1.54) is 37.7 Å². The summed E-state index contributed by atoms with van der Waals surface area (Å²) < 4.78 is 7.70. The van der Waals surface area contributed by atoms with Crippen LogP contribution in [0.1, 0.15) is 50.7 Å². The maximum atomic E-state index is 6.58. The van der Waals surface area contributed by atoms with Crippen molar-refractivity contribution >= 4 is 15.9 Å². The summed E-state index contributed by atoms with van der Waals surface area (Å²) in [6.07, 6.45) is 6.58. The molecule has 3 rings (SSSR count). The molecular weight excluding hydrogens is 302 g/mol. The molecule has 1 spiro atoms. The molecule has 2 nitrogen and oxygen atoms in total. The molecule has 0 radical (unpaired) electrons. The Hall–Kier alpha value is -0.380. The number of nitrogens with one attached hydrogen (secondary N) is 1. The summed E-state index contributed by atoms with van der Waals surface area (Å²) in [6, 6.07) is 8.94. The van der Waals surface area contributed by atoms with Gasteiger partial charge in [0.05, 0.1) is 11.7 Å². The summed E-state index contributed by atoms with van der Waals surface area (Å²) in [5.74, 6) is 0. The fourth-order valence-corrected chi connectivity index (χ4v) is 3.63. The Morgan fingerprint density at radius 2 is 1.84 bits per heavy atom. The molecule has 0 amide bonds. The lowest BCUT2D eigenvalue weighted by Crippen LogP contribution is -2.55. The number of rotatable bonds is 1. The van der Waals surface area contributed by atoms with E-state index in [1.54, 1.807) is 0 Å². The molecule has 0 bridgehead atoms. The quantitative estimate of drug-likeness (QED) is 0.836. The van der Waals surface area contributed by atoms with E-state index in [4.69, 9.17) is 4.74 Å². The minimum Gasteiger partial charge on any atom is -0.364 e. The number of ether oxygens (including phenoxy) is 1. The third-order valence-electron chi connectivity index (χ3n) is 4.54. The van der Waals surface area contributed by atoms with Crippen LogP contribution >= 0.6 is 15.9 Å². The van der Waals surface area contributed by atoms with Gasteiger partial charge in [-0.15, -0.1) is 0 Å². The van der Waals surface area contributed by atoms with E-state index < -0.39 is 0 Å². The van der Waals surface area contributed by atoms with Crippen molar-refractivity contribution in [1.82, 2.24) is 5.32 Å². The Balaban J connectivity index is 1.80. The second-order valence-corrected chi connectivity index (χ2v) is 6.92. The van der Waals surface area contributed by atoms with E-state index in [0.29, 0.717) is 6.04 Å². The van der Waals surface area contributed by atoms with Crippen LogP contribution in [0.3, 0.4) is 0 Å². The molecule has 2 atom stereocenters. The van der Waals surface area contributed by atoms with Crippen molar-refractivity contribution in [3.05, 3.63) is 34.3 Å². The van der Waals surface area contributed by atoms with Gasteiger partial charge in [-0.2, -0.15) is 0 Å². The van der Waals surface area contributed by atoms with Gasteiger partial charge in [0.2, 0.25) is 0 Å². The van der Waals surface area contributed by atoms with Crippen LogP contribution in [0.15, 0.2) is 28.7 Å². The lowest BCUT2D eigenvalue weighted by Gasteiger charge is -2.47. The van der Waals surface area contributed by atoms with Crippen molar-refractivity contribution < 1.29 is 4.74 Å². The van der Waals surface area contributed by atoms with Gasteiger partial charge in [-0.3, -0.25) is 0 Å². The van der Waals surface area contributed by atoms with Crippen molar-refractivity contribution in [2.45, 2.75) is 56.8 Å². The zero-order chi connectivity index (χ0) is 13.3. The summed E-state index contributed by atoms with van der Waals surface area (Å²) in [5.41, 5.74) is 1.37. The lowest BCUT2D eigenvalue weighted by atomic mass is 9.82. The van der Waals surface area contributed by atoms with Gasteiger partial charge in [0.1, 0.15) is 0 Å². The van der Waals surface area contributed by atoms with E-state index in [1.807, 2.05) is 0 Å². The third kappa shape index (κ3) is 2.88. The van der Waals surface area contributed by atoms with Crippen molar-refractivity contribution in [1.29, 1.82) is 0 Å². The molecule has 1 aliphatic carbocycles. The second-order valence-electron chi connectivity index (χ2n) is 6.00. The van der Waals surface area contributed by atoms with Crippen molar-refractivity contribution in [2.24, 2.45) is 0 Å². The first-order valence-corrected chi connectivity index (χ1v) is 8.15. The van der Waals surface area contributed by atoms with Gasteiger partial charge in [0.25, 0.3) is 0 Å². The average molecular weight is 324 g/mol. The molecule has 2 unspecified atom stereocenters. The van der Waals surface area contributed by atoms with Crippen LogP contribution in [-0.4, -0.2) is 18.2 Å². The van der Waals surface area contributed by atoms with Crippen LogP contribution in [0, 0.1) is 0 Å². The zero-order valence-corrected chi connectivity index (χ0v) is 13.1. The molecule has 1 saturated carbocycles. The monoisotopic (exact) mass is 323 g/mol. The highest BCUT2D eigenvalue weighted by Gasteiger charge is 2.41. The standard InChI is InChI=1S/C16H22BrNO/c1-12-15(13-5-7-14(17)8-6-13)19-16(11-18-12)9-3-2-4-10-16/h5-8,12,15,18H,2-4,9-11H2,1H3. The van der Waals surface area contributed by atoms with Gasteiger partial charge in [-0.25, -0.2) is 0 Å². The fourth-order valence-electron chi connectivity index (χ4n) is 3.37. The molecular formula is C16H22BrNO. The first-order valence-electron chi connectivity index (χ1n) is 7.35. The van der Waals surface area contributed by atoms with Crippen molar-refractivity contribution in [3.8, 4) is 0 Å². The summed E-state index contributed by atoms with van der Waals surface area (Å²) in [5, 5.41) is 3.67. The smallest absolute Gasteiger partial charge is 0.0983 e. The van der Waals surface area contributed by atoms with Crippen LogP contribution in [0.2, 0.25) is 0 Å². The SMILES string of the molecule is CC1NCC2(CCCCC2)OC1c1ccc(Br)cc1. The Labute approximate surface area is 124 Å². The van der Waals surface area contributed by atoms with E-state index in [0.717, 1.165) is 11.0 Å². The van der Waals surface area contributed by atoms with Gasteiger partial charge in [0.15, 0.2) is 0 Å². The summed E-state index contributed by atoms with van der Waals surface area (Å²) in [6.45, 7) is 3.24. The van der Waals surface area contributed by atoms with Gasteiger partial charge in [-0.05, 0) is 37.5 Å². The van der Waals surface area contributed by atoms with Gasteiger partial charge in [-0.1, -0.05) is 47.3 Å². The third-order valence-corrected chi connectivity index (χ3v) is 5.07. The average Bonchev–Trinajstić information content (AvgIpc) is 2.44. The van der Waals surface area contributed by atoms with E-state index >= 15 is 0 Å². The van der Waals surface area contributed by atoms with E-state index in [-0.39, 0.29) is 11.7 Å². The number of hydrogen-bond acceptors (Lipinski definition) is 2. The van der Waals surface area contributed by atoms with Gasteiger partial charge in [0, 0.05) is 17.1 Å². The van der Waals surface area contributed by atoms with E-state index in [2.05, 4.69) is 52.4 Å². The molecule has 3 heteroatoms. The molecule has 1 aliphatic heterocycles. The van der Waals surface area contributed by atoms with Crippen LogP contribution in [0.5, 0.6) is 0 Å². The number of hydrogen-bond donors (Lipinski definition) is 1. The van der Waals surface area contributed by atoms with Gasteiger partial charge >= 0.3 is 0 Å². The Morgan fingerprint density at radius 1 is 1.16 bits per heavy atom. The second kappa shape index (κ2) is 5.55. The van der Waals surface area contributed by atoms with Crippen LogP contribution in [0.4, 0.5) is 0 Å². The fraction of sp³-hybridized carbons (Fsp3) is 0.625. The number of benzene rings is 1. The van der Waals surface area contributed by atoms with Crippen LogP contribution in [-0.2, 0) is 4.74 Å². The van der Waals surface area contributed by atoms with Crippen molar-refractivity contribution in [2.75, 3.05) is 6.54 Å². The topological polar surface area (TPSA) is 21.3 Å². The largest absolute Gasteiger partial charge is 0.364 e. The zero-order valence-electron chi connectivity index (χ0n) is 11.5. The van der Waals surface area contributed by atoms with Crippen LogP contribution in [0.25, 0.3) is 0 Å². The minimum absolute atomic E-state index is 0.0858. The molecule has 19 heavy (non-hydrogen) atoms. The molecule has 1 N–H and O–H groups in total. The highest BCUT2D eigenvalue weighted by Crippen LogP contribution is 2.39. The molecule has 1 saturated heterocycles. The van der Waals surface area contributed by atoms with Crippen LogP contribution < -0.4 is 5.32 Å². The molecule has 104 valence electrons. The highest BCUT2D eigenvalue weighted by molar-refractivity contribution is 9.10. The Bertz CT molecular complexity index is 425.